The van der Waals surface area contributed by atoms with Crippen molar-refractivity contribution in [1.29, 1.82) is 0 Å². The van der Waals surface area contributed by atoms with E-state index in [-0.39, 0.29) is 30.6 Å². The molecule has 0 aliphatic rings. The second-order valence-corrected chi connectivity index (χ2v) is 6.66. The fourth-order valence-corrected chi connectivity index (χ4v) is 2.71. The van der Waals surface area contributed by atoms with Crippen LogP contribution >= 0.6 is 24.0 Å². The van der Waals surface area contributed by atoms with E-state index in [9.17, 15) is 13.2 Å². The van der Waals surface area contributed by atoms with Crippen molar-refractivity contribution >= 4 is 29.9 Å². The number of hydrogen-bond acceptors (Lipinski definition) is 4. The molecule has 0 radical (unpaired) electrons. The van der Waals surface area contributed by atoms with E-state index in [0.717, 1.165) is 11.1 Å². The first-order valence-corrected chi connectivity index (χ1v) is 9.80. The minimum Gasteiger partial charge on any atom is -0.493 e. The molecule has 178 valence electrons. The van der Waals surface area contributed by atoms with Gasteiger partial charge in [-0.25, -0.2) is 4.99 Å². The third-order valence-electron chi connectivity index (χ3n) is 4.23. The Morgan fingerprint density at radius 3 is 2.12 bits per heavy atom. The number of alkyl halides is 3. The van der Waals surface area contributed by atoms with Gasteiger partial charge in [-0.2, -0.15) is 13.2 Å². The fraction of sp³-hybridized carbons (Fsp3) is 0.409. The second kappa shape index (κ2) is 14.0. The van der Waals surface area contributed by atoms with Gasteiger partial charge in [0.1, 0.15) is 6.61 Å². The van der Waals surface area contributed by atoms with Gasteiger partial charge < -0.3 is 24.8 Å². The van der Waals surface area contributed by atoms with Gasteiger partial charge in [0.05, 0.1) is 27.4 Å². The lowest BCUT2D eigenvalue weighted by molar-refractivity contribution is -0.176. The molecule has 2 N–H and O–H groups in total. The van der Waals surface area contributed by atoms with Crippen LogP contribution in [0.4, 0.5) is 13.2 Å². The molecule has 0 aromatic heterocycles. The van der Waals surface area contributed by atoms with Crippen molar-refractivity contribution in [2.75, 3.05) is 27.4 Å². The van der Waals surface area contributed by atoms with Crippen molar-refractivity contribution in [1.82, 2.24) is 10.6 Å². The van der Waals surface area contributed by atoms with Gasteiger partial charge in [0.15, 0.2) is 17.5 Å². The van der Waals surface area contributed by atoms with E-state index in [4.69, 9.17) is 9.47 Å². The number of hydrogen-bond donors (Lipinski definition) is 2. The Bertz CT molecular complexity index is 847. The molecular formula is C22H29F3IN3O3. The highest BCUT2D eigenvalue weighted by molar-refractivity contribution is 14.0. The van der Waals surface area contributed by atoms with Crippen LogP contribution in [0, 0.1) is 0 Å². The SMILES string of the molecule is CCNC(=NCc1ccc(OC)c(OC)c1)NCc1ccc(COCC(F)(F)F)cc1.I. The molecule has 0 bridgehead atoms. The topological polar surface area (TPSA) is 64.1 Å². The first kappa shape index (κ1) is 27.8. The van der Waals surface area contributed by atoms with Crippen LogP contribution in [0.1, 0.15) is 23.6 Å². The maximum absolute atomic E-state index is 12.1. The van der Waals surface area contributed by atoms with Crippen molar-refractivity contribution in [2.24, 2.45) is 4.99 Å². The summed E-state index contributed by atoms with van der Waals surface area (Å²) in [7, 11) is 3.18. The van der Waals surface area contributed by atoms with Gasteiger partial charge in [0, 0.05) is 13.1 Å². The number of aliphatic imine (C=N–C) groups is 1. The number of halogens is 4. The van der Waals surface area contributed by atoms with E-state index in [1.165, 1.54) is 0 Å². The van der Waals surface area contributed by atoms with Crippen LogP contribution in [-0.4, -0.2) is 39.5 Å². The molecule has 10 heteroatoms. The number of nitrogens with one attached hydrogen (secondary N) is 2. The maximum Gasteiger partial charge on any atom is 0.411 e. The predicted molar refractivity (Wildman–Crippen MR) is 129 cm³/mol. The molecule has 0 aliphatic heterocycles. The molecule has 0 spiro atoms. The standard InChI is InChI=1S/C22H28F3N3O3.HI/c1-4-26-21(28-13-18-9-10-19(29-2)20(11-18)30-3)27-12-16-5-7-17(8-6-16)14-31-15-22(23,24)25;/h5-11H,4,12-15H2,1-3H3,(H2,26,27,28);1H. The highest BCUT2D eigenvalue weighted by Gasteiger charge is 2.27. The number of nitrogens with zero attached hydrogens (tertiary/aromatic N) is 1. The van der Waals surface area contributed by atoms with Gasteiger partial charge in [-0.3, -0.25) is 0 Å². The van der Waals surface area contributed by atoms with E-state index in [0.29, 0.717) is 42.7 Å². The van der Waals surface area contributed by atoms with Crippen molar-refractivity contribution in [3.8, 4) is 11.5 Å². The molecule has 6 nitrogen and oxygen atoms in total. The molecule has 0 fully saturated rings. The van der Waals surface area contributed by atoms with Crippen LogP contribution in [-0.2, 0) is 24.4 Å². The minimum atomic E-state index is -4.32. The van der Waals surface area contributed by atoms with Gasteiger partial charge in [-0.05, 0) is 35.7 Å². The Morgan fingerprint density at radius 2 is 1.53 bits per heavy atom. The number of benzene rings is 2. The van der Waals surface area contributed by atoms with Crippen LogP contribution in [0.25, 0.3) is 0 Å². The Morgan fingerprint density at radius 1 is 0.906 bits per heavy atom. The lowest BCUT2D eigenvalue weighted by Gasteiger charge is -2.13. The fourth-order valence-electron chi connectivity index (χ4n) is 2.71. The Kier molecular flexibility index (Phi) is 12.2. The van der Waals surface area contributed by atoms with E-state index < -0.39 is 12.8 Å². The van der Waals surface area contributed by atoms with Gasteiger partial charge in [0.2, 0.25) is 0 Å². The smallest absolute Gasteiger partial charge is 0.411 e. The van der Waals surface area contributed by atoms with Crippen molar-refractivity contribution in [2.45, 2.75) is 32.8 Å². The zero-order chi connectivity index (χ0) is 22.7. The van der Waals surface area contributed by atoms with Gasteiger partial charge in [-0.1, -0.05) is 30.3 Å². The van der Waals surface area contributed by atoms with E-state index in [1.807, 2.05) is 37.3 Å². The molecule has 32 heavy (non-hydrogen) atoms. The lowest BCUT2D eigenvalue weighted by atomic mass is 10.1. The quantitative estimate of drug-likeness (QED) is 0.249. The Balaban J connectivity index is 0.00000512. The molecule has 0 unspecified atom stereocenters. The molecule has 0 saturated heterocycles. The summed E-state index contributed by atoms with van der Waals surface area (Å²) in [4.78, 5) is 4.58. The highest BCUT2D eigenvalue weighted by Crippen LogP contribution is 2.27. The van der Waals surface area contributed by atoms with E-state index >= 15 is 0 Å². The predicted octanol–water partition coefficient (Wildman–Crippen LogP) is 4.66. The zero-order valence-corrected chi connectivity index (χ0v) is 20.6. The molecule has 2 aromatic carbocycles. The Hall–Kier alpha value is -2.21. The summed E-state index contributed by atoms with van der Waals surface area (Å²) >= 11 is 0. The third-order valence-corrected chi connectivity index (χ3v) is 4.23. The molecule has 0 atom stereocenters. The van der Waals surface area contributed by atoms with Crippen LogP contribution in [0.5, 0.6) is 11.5 Å². The van der Waals surface area contributed by atoms with Crippen LogP contribution in [0.2, 0.25) is 0 Å². The zero-order valence-electron chi connectivity index (χ0n) is 18.3. The molecule has 2 aromatic rings. The monoisotopic (exact) mass is 567 g/mol. The first-order valence-electron chi connectivity index (χ1n) is 9.80. The minimum absolute atomic E-state index is 0. The summed E-state index contributed by atoms with van der Waals surface area (Å²) in [5, 5.41) is 6.43. The lowest BCUT2D eigenvalue weighted by Crippen LogP contribution is -2.36. The van der Waals surface area contributed by atoms with Gasteiger partial charge in [0.25, 0.3) is 0 Å². The van der Waals surface area contributed by atoms with Crippen LogP contribution in [0.3, 0.4) is 0 Å². The Labute approximate surface area is 203 Å². The number of ether oxygens (including phenoxy) is 3. The average Bonchev–Trinajstić information content (AvgIpc) is 2.75. The summed E-state index contributed by atoms with van der Waals surface area (Å²) in [5.41, 5.74) is 2.62. The van der Waals surface area contributed by atoms with E-state index in [1.54, 1.807) is 26.4 Å². The maximum atomic E-state index is 12.1. The molecule has 0 aliphatic carbocycles. The number of methoxy groups -OCH3 is 2. The molecule has 0 heterocycles. The summed E-state index contributed by atoms with van der Waals surface area (Å²) in [5.74, 6) is 1.95. The highest BCUT2D eigenvalue weighted by atomic mass is 127. The van der Waals surface area contributed by atoms with Crippen molar-refractivity contribution in [3.63, 3.8) is 0 Å². The summed E-state index contributed by atoms with van der Waals surface area (Å²) in [6.45, 7) is 2.31. The van der Waals surface area contributed by atoms with Crippen LogP contribution in [0.15, 0.2) is 47.5 Å². The summed E-state index contributed by atoms with van der Waals surface area (Å²) in [6.07, 6.45) is -4.32. The normalized spacial score (nSPS) is 11.5. The molecular weight excluding hydrogens is 538 g/mol. The number of rotatable bonds is 10. The number of guanidine groups is 1. The average molecular weight is 567 g/mol. The third kappa shape index (κ3) is 9.94. The molecule has 0 saturated carbocycles. The molecule has 0 amide bonds. The summed E-state index contributed by atoms with van der Waals surface area (Å²) < 4.78 is 51.7. The van der Waals surface area contributed by atoms with Gasteiger partial charge >= 0.3 is 6.18 Å². The first-order chi connectivity index (χ1) is 14.8. The largest absolute Gasteiger partial charge is 0.493 e. The van der Waals surface area contributed by atoms with Crippen molar-refractivity contribution in [3.05, 3.63) is 59.2 Å². The van der Waals surface area contributed by atoms with Crippen LogP contribution < -0.4 is 20.1 Å². The second-order valence-electron chi connectivity index (χ2n) is 6.66. The molecule has 2 rings (SSSR count). The van der Waals surface area contributed by atoms with Crippen molar-refractivity contribution < 1.29 is 27.4 Å². The van der Waals surface area contributed by atoms with E-state index in [2.05, 4.69) is 20.4 Å². The van der Waals surface area contributed by atoms with Gasteiger partial charge in [-0.15, -0.1) is 24.0 Å². The summed E-state index contributed by atoms with van der Waals surface area (Å²) in [6, 6.07) is 12.8.